The molecule has 0 unspecified atom stereocenters. The molecule has 3 rings (SSSR count). The normalized spacial score (nSPS) is 11.4. The first kappa shape index (κ1) is 12.5. The van der Waals surface area contributed by atoms with E-state index in [0.717, 1.165) is 11.6 Å². The van der Waals surface area contributed by atoms with Gasteiger partial charge in [-0.25, -0.2) is 0 Å². The molecule has 0 spiro atoms. The van der Waals surface area contributed by atoms with Gasteiger partial charge in [-0.1, -0.05) is 13.8 Å². The van der Waals surface area contributed by atoms with Crippen molar-refractivity contribution in [1.82, 2.24) is 35.0 Å². The van der Waals surface area contributed by atoms with E-state index in [1.807, 2.05) is 11.6 Å². The summed E-state index contributed by atoms with van der Waals surface area (Å²) in [6.07, 6.45) is 1.58. The van der Waals surface area contributed by atoms with E-state index >= 15 is 0 Å². The Morgan fingerprint density at radius 2 is 2.10 bits per heavy atom. The fraction of sp³-hybridized carbons (Fsp3) is 0.417. The van der Waals surface area contributed by atoms with Crippen LogP contribution in [0, 0.1) is 0 Å². The average molecular weight is 273 g/mol. The fourth-order valence-corrected chi connectivity index (χ4v) is 1.96. The predicted molar refractivity (Wildman–Crippen MR) is 69.7 cm³/mol. The minimum atomic E-state index is 0.323. The van der Waals surface area contributed by atoms with E-state index in [1.54, 1.807) is 18.4 Å². The third-order valence-corrected chi connectivity index (χ3v) is 2.99. The molecule has 0 aromatic carbocycles. The monoisotopic (exact) mass is 273 g/mol. The van der Waals surface area contributed by atoms with Gasteiger partial charge in [0.1, 0.15) is 12.4 Å². The number of hydrogen-bond donors (Lipinski definition) is 0. The largest absolute Gasteiger partial charge is 0.461 e. The summed E-state index contributed by atoms with van der Waals surface area (Å²) in [5, 5.41) is 20.6. The molecule has 0 N–H and O–H groups in total. The first-order valence-electron chi connectivity index (χ1n) is 6.35. The molecule has 3 aromatic rings. The highest BCUT2D eigenvalue weighted by molar-refractivity contribution is 5.43. The second-order valence-corrected chi connectivity index (χ2v) is 4.81. The van der Waals surface area contributed by atoms with Gasteiger partial charge in [0.05, 0.1) is 6.26 Å². The Kier molecular flexibility index (Phi) is 3.05. The van der Waals surface area contributed by atoms with Crippen molar-refractivity contribution in [2.45, 2.75) is 26.3 Å². The number of aromatic nitrogens is 7. The summed E-state index contributed by atoms with van der Waals surface area (Å²) in [7, 11) is 1.94. The highest BCUT2D eigenvalue weighted by atomic mass is 16.3. The molecule has 0 aliphatic carbocycles. The zero-order chi connectivity index (χ0) is 14.1. The van der Waals surface area contributed by atoms with Gasteiger partial charge < -0.3 is 8.98 Å². The summed E-state index contributed by atoms with van der Waals surface area (Å²) in [5.74, 6) is 3.10. The standard InChI is InChI=1S/C12H15N7O/c1-8(2)12-15-13-10(18(12)3)7-19-16-11(14-17-19)9-5-4-6-20-9/h4-6,8H,7H2,1-3H3. The van der Waals surface area contributed by atoms with Crippen LogP contribution in [-0.4, -0.2) is 35.0 Å². The van der Waals surface area contributed by atoms with Crippen molar-refractivity contribution in [2.24, 2.45) is 7.05 Å². The van der Waals surface area contributed by atoms with Crippen LogP contribution in [-0.2, 0) is 13.6 Å². The van der Waals surface area contributed by atoms with Crippen LogP contribution in [0.4, 0.5) is 0 Å². The maximum absolute atomic E-state index is 5.23. The second kappa shape index (κ2) is 4.87. The molecular weight excluding hydrogens is 258 g/mol. The topological polar surface area (TPSA) is 87.4 Å². The van der Waals surface area contributed by atoms with Gasteiger partial charge in [0.25, 0.3) is 0 Å². The van der Waals surface area contributed by atoms with E-state index in [4.69, 9.17) is 4.42 Å². The van der Waals surface area contributed by atoms with Crippen molar-refractivity contribution in [3.8, 4) is 11.6 Å². The molecule has 0 saturated heterocycles. The number of hydrogen-bond acceptors (Lipinski definition) is 6. The van der Waals surface area contributed by atoms with Gasteiger partial charge >= 0.3 is 0 Å². The molecule has 0 amide bonds. The Labute approximate surface area is 115 Å². The number of tetrazole rings is 1. The molecular formula is C12H15N7O. The van der Waals surface area contributed by atoms with Crippen LogP contribution in [0.2, 0.25) is 0 Å². The third kappa shape index (κ3) is 2.20. The first-order valence-corrected chi connectivity index (χ1v) is 6.35. The highest BCUT2D eigenvalue weighted by Crippen LogP contribution is 2.14. The first-order chi connectivity index (χ1) is 9.65. The number of nitrogens with zero attached hydrogens (tertiary/aromatic N) is 7. The quantitative estimate of drug-likeness (QED) is 0.710. The van der Waals surface area contributed by atoms with Gasteiger partial charge in [-0.3, -0.25) is 0 Å². The maximum atomic E-state index is 5.23. The van der Waals surface area contributed by atoms with E-state index in [1.165, 1.54) is 4.80 Å². The SMILES string of the molecule is CC(C)c1nnc(Cn2nnc(-c3ccco3)n2)n1C. The Morgan fingerprint density at radius 3 is 2.75 bits per heavy atom. The maximum Gasteiger partial charge on any atom is 0.240 e. The van der Waals surface area contributed by atoms with Gasteiger partial charge in [0.2, 0.25) is 5.82 Å². The molecule has 3 heterocycles. The lowest BCUT2D eigenvalue weighted by Crippen LogP contribution is -2.10. The molecule has 20 heavy (non-hydrogen) atoms. The van der Waals surface area contributed by atoms with E-state index in [-0.39, 0.29) is 0 Å². The summed E-state index contributed by atoms with van der Waals surface area (Å²) >= 11 is 0. The molecule has 0 bridgehead atoms. The summed E-state index contributed by atoms with van der Waals surface area (Å²) in [6, 6.07) is 3.58. The molecule has 0 radical (unpaired) electrons. The van der Waals surface area contributed by atoms with E-state index in [0.29, 0.717) is 24.0 Å². The molecule has 3 aromatic heterocycles. The molecule has 0 fully saturated rings. The van der Waals surface area contributed by atoms with Gasteiger partial charge in [-0.15, -0.1) is 20.4 Å². The van der Waals surface area contributed by atoms with Gasteiger partial charge in [0, 0.05) is 13.0 Å². The summed E-state index contributed by atoms with van der Waals surface area (Å²) < 4.78 is 7.19. The number of furan rings is 1. The molecule has 0 atom stereocenters. The zero-order valence-corrected chi connectivity index (χ0v) is 11.6. The Balaban J connectivity index is 1.82. The fourth-order valence-electron chi connectivity index (χ4n) is 1.96. The molecule has 0 saturated carbocycles. The molecule has 0 aliphatic rings. The average Bonchev–Trinajstić information content (AvgIpc) is 3.12. The van der Waals surface area contributed by atoms with Crippen molar-refractivity contribution in [1.29, 1.82) is 0 Å². The lowest BCUT2D eigenvalue weighted by molar-refractivity contribution is 0.536. The molecule has 104 valence electrons. The smallest absolute Gasteiger partial charge is 0.240 e. The minimum Gasteiger partial charge on any atom is -0.461 e. The summed E-state index contributed by atoms with van der Waals surface area (Å²) in [5.41, 5.74) is 0. The van der Waals surface area contributed by atoms with Crippen LogP contribution < -0.4 is 0 Å². The van der Waals surface area contributed by atoms with Crippen LogP contribution >= 0.6 is 0 Å². The minimum absolute atomic E-state index is 0.323. The van der Waals surface area contributed by atoms with Gasteiger partial charge in [0.15, 0.2) is 11.6 Å². The van der Waals surface area contributed by atoms with Crippen molar-refractivity contribution >= 4 is 0 Å². The summed E-state index contributed by atoms with van der Waals surface area (Å²) in [4.78, 5) is 1.48. The van der Waals surface area contributed by atoms with Crippen molar-refractivity contribution in [2.75, 3.05) is 0 Å². The lowest BCUT2D eigenvalue weighted by Gasteiger charge is -2.05. The Bertz CT molecular complexity index is 695. The van der Waals surface area contributed by atoms with Crippen LogP contribution in [0.5, 0.6) is 0 Å². The Morgan fingerprint density at radius 1 is 1.25 bits per heavy atom. The Hall–Kier alpha value is -2.51. The summed E-state index contributed by atoms with van der Waals surface area (Å²) in [6.45, 7) is 4.58. The van der Waals surface area contributed by atoms with Crippen molar-refractivity contribution < 1.29 is 4.42 Å². The van der Waals surface area contributed by atoms with E-state index < -0.39 is 0 Å². The van der Waals surface area contributed by atoms with Crippen LogP contribution in [0.25, 0.3) is 11.6 Å². The highest BCUT2D eigenvalue weighted by Gasteiger charge is 2.14. The van der Waals surface area contributed by atoms with Gasteiger partial charge in [-0.05, 0) is 17.3 Å². The second-order valence-electron chi connectivity index (χ2n) is 4.81. The lowest BCUT2D eigenvalue weighted by atomic mass is 10.2. The van der Waals surface area contributed by atoms with Crippen molar-refractivity contribution in [3.05, 3.63) is 30.0 Å². The van der Waals surface area contributed by atoms with Crippen LogP contribution in [0.15, 0.2) is 22.8 Å². The van der Waals surface area contributed by atoms with E-state index in [2.05, 4.69) is 39.5 Å². The third-order valence-electron chi connectivity index (χ3n) is 2.99. The van der Waals surface area contributed by atoms with Crippen molar-refractivity contribution in [3.63, 3.8) is 0 Å². The van der Waals surface area contributed by atoms with Crippen LogP contribution in [0.3, 0.4) is 0 Å². The van der Waals surface area contributed by atoms with E-state index in [9.17, 15) is 0 Å². The molecule has 8 nitrogen and oxygen atoms in total. The zero-order valence-electron chi connectivity index (χ0n) is 11.6. The molecule has 8 heteroatoms. The number of rotatable bonds is 4. The van der Waals surface area contributed by atoms with Gasteiger partial charge in [-0.2, -0.15) is 4.80 Å². The van der Waals surface area contributed by atoms with Crippen LogP contribution in [0.1, 0.15) is 31.4 Å². The predicted octanol–water partition coefficient (Wildman–Crippen LogP) is 1.23. The molecule has 0 aliphatic heterocycles.